The smallest absolute Gasteiger partial charge is 0.256 e. The van der Waals surface area contributed by atoms with Crippen molar-refractivity contribution in [1.82, 2.24) is 10.1 Å². The van der Waals surface area contributed by atoms with E-state index in [1.165, 1.54) is 6.26 Å². The van der Waals surface area contributed by atoms with Crippen LogP contribution in [0.1, 0.15) is 10.4 Å². The van der Waals surface area contributed by atoms with Gasteiger partial charge in [-0.25, -0.2) is 0 Å². The van der Waals surface area contributed by atoms with Gasteiger partial charge in [-0.2, -0.15) is 0 Å². The zero-order chi connectivity index (χ0) is 23.3. The monoisotopic (exact) mass is 462 g/mol. The summed E-state index contributed by atoms with van der Waals surface area (Å²) in [7, 11) is 0. The molecule has 3 aromatic rings. The number of aromatic nitrogens is 1. The number of hydrazine groups is 1. The second kappa shape index (κ2) is 9.94. The predicted molar refractivity (Wildman–Crippen MR) is 128 cm³/mol. The van der Waals surface area contributed by atoms with Crippen molar-refractivity contribution in [3.05, 3.63) is 66.4 Å². The van der Waals surface area contributed by atoms with Gasteiger partial charge >= 0.3 is 0 Å². The zero-order valence-electron chi connectivity index (χ0n) is 18.6. The molecule has 1 saturated heterocycles. The number of benzene rings is 2. The van der Waals surface area contributed by atoms with Crippen LogP contribution in [-0.2, 0) is 9.53 Å². The Kier molecular flexibility index (Phi) is 6.41. The van der Waals surface area contributed by atoms with Crippen LogP contribution in [0, 0.1) is 0 Å². The lowest BCUT2D eigenvalue weighted by Crippen LogP contribution is -2.50. The van der Waals surface area contributed by atoms with Crippen LogP contribution < -0.4 is 20.7 Å². The molecule has 10 nitrogen and oxygen atoms in total. The number of para-hydroxylation sites is 2. The number of nitrogens with zero attached hydrogens (tertiary/aromatic N) is 4. The van der Waals surface area contributed by atoms with Gasteiger partial charge in [0.15, 0.2) is 5.82 Å². The lowest BCUT2D eigenvalue weighted by molar-refractivity contribution is -0.117. The summed E-state index contributed by atoms with van der Waals surface area (Å²) in [6, 6.07) is 16.5. The van der Waals surface area contributed by atoms with Gasteiger partial charge in [0, 0.05) is 37.8 Å². The largest absolute Gasteiger partial charge is 0.379 e. The summed E-state index contributed by atoms with van der Waals surface area (Å²) in [6.07, 6.45) is 1.39. The van der Waals surface area contributed by atoms with Crippen molar-refractivity contribution in [2.45, 2.75) is 0 Å². The fourth-order valence-corrected chi connectivity index (χ4v) is 4.09. The van der Waals surface area contributed by atoms with Crippen LogP contribution in [0.4, 0.5) is 22.9 Å². The van der Waals surface area contributed by atoms with Gasteiger partial charge in [-0.1, -0.05) is 17.3 Å². The van der Waals surface area contributed by atoms with Crippen LogP contribution in [-0.4, -0.2) is 67.8 Å². The first kappa shape index (κ1) is 21.9. The third-order valence-corrected chi connectivity index (χ3v) is 5.89. The van der Waals surface area contributed by atoms with Crippen molar-refractivity contribution in [3.8, 4) is 0 Å². The Bertz CT molecular complexity index is 1130. The predicted octanol–water partition coefficient (Wildman–Crippen LogP) is 2.44. The maximum Gasteiger partial charge on any atom is 0.256 e. The third-order valence-electron chi connectivity index (χ3n) is 5.89. The summed E-state index contributed by atoms with van der Waals surface area (Å²) in [4.78, 5) is 29.6. The molecule has 5 rings (SSSR count). The molecule has 0 radical (unpaired) electrons. The van der Waals surface area contributed by atoms with Gasteiger partial charge in [0.05, 0.1) is 30.3 Å². The molecule has 176 valence electrons. The van der Waals surface area contributed by atoms with Gasteiger partial charge in [0.25, 0.3) is 5.91 Å². The number of hydrogen-bond donors (Lipinski definition) is 2. The molecular formula is C24H26N6O4. The van der Waals surface area contributed by atoms with Crippen LogP contribution in [0.3, 0.4) is 0 Å². The van der Waals surface area contributed by atoms with Crippen molar-refractivity contribution in [2.75, 3.05) is 66.6 Å². The molecule has 2 N–H and O–H groups in total. The fraction of sp³-hybridized carbons (Fsp3) is 0.292. The molecule has 1 fully saturated rings. The topological polar surface area (TPSA) is 103 Å². The van der Waals surface area contributed by atoms with Crippen molar-refractivity contribution >= 4 is 34.7 Å². The highest BCUT2D eigenvalue weighted by Crippen LogP contribution is 2.33. The van der Waals surface area contributed by atoms with Gasteiger partial charge in [-0.15, -0.1) is 0 Å². The van der Waals surface area contributed by atoms with Crippen LogP contribution in [0.15, 0.2) is 65.4 Å². The first-order valence-corrected chi connectivity index (χ1v) is 11.2. The average molecular weight is 463 g/mol. The SMILES string of the molecule is O=C(Nc1ccon1)c1ccc(NN2CC(=O)N(CCN3CCOCC3)c3ccccc32)cc1. The van der Waals surface area contributed by atoms with E-state index in [9.17, 15) is 9.59 Å². The number of carbonyl (C=O) groups is 2. The summed E-state index contributed by atoms with van der Waals surface area (Å²) >= 11 is 0. The molecule has 0 spiro atoms. The molecular weight excluding hydrogens is 436 g/mol. The Morgan fingerprint density at radius 3 is 2.47 bits per heavy atom. The minimum Gasteiger partial charge on any atom is -0.379 e. The Morgan fingerprint density at radius 2 is 1.74 bits per heavy atom. The molecule has 0 bridgehead atoms. The van der Waals surface area contributed by atoms with E-state index in [1.54, 1.807) is 30.3 Å². The molecule has 0 saturated carbocycles. The minimum atomic E-state index is -0.283. The number of rotatable bonds is 7. The second-order valence-electron chi connectivity index (χ2n) is 8.10. The van der Waals surface area contributed by atoms with E-state index in [4.69, 9.17) is 9.26 Å². The average Bonchev–Trinajstić information content (AvgIpc) is 3.38. The number of hydrogen-bond acceptors (Lipinski definition) is 8. The summed E-state index contributed by atoms with van der Waals surface area (Å²) in [5.74, 6) is 0.103. The molecule has 1 aromatic heterocycles. The highest BCUT2D eigenvalue weighted by molar-refractivity contribution is 6.04. The molecule has 0 unspecified atom stereocenters. The van der Waals surface area contributed by atoms with Crippen LogP contribution in [0.5, 0.6) is 0 Å². The third kappa shape index (κ3) is 4.87. The fourth-order valence-electron chi connectivity index (χ4n) is 4.09. The number of morpholine rings is 1. The second-order valence-corrected chi connectivity index (χ2v) is 8.10. The van der Waals surface area contributed by atoms with Gasteiger partial charge in [0.1, 0.15) is 12.8 Å². The van der Waals surface area contributed by atoms with Gasteiger partial charge in [-0.3, -0.25) is 24.9 Å². The Balaban J connectivity index is 1.26. The molecule has 2 amide bonds. The first-order chi connectivity index (χ1) is 16.7. The normalized spacial score (nSPS) is 16.3. The maximum absolute atomic E-state index is 13.1. The first-order valence-electron chi connectivity index (χ1n) is 11.2. The number of amides is 2. The summed E-state index contributed by atoms with van der Waals surface area (Å²) in [5, 5.41) is 8.18. The Labute approximate surface area is 197 Å². The lowest BCUT2D eigenvalue weighted by atomic mass is 10.1. The molecule has 0 aliphatic carbocycles. The van der Waals surface area contributed by atoms with E-state index < -0.39 is 0 Å². The van der Waals surface area contributed by atoms with Crippen molar-refractivity contribution in [2.24, 2.45) is 0 Å². The van der Waals surface area contributed by atoms with E-state index in [0.717, 1.165) is 49.9 Å². The van der Waals surface area contributed by atoms with Crippen LogP contribution in [0.2, 0.25) is 0 Å². The standard InChI is InChI=1S/C24H26N6O4/c31-23-17-30(26-19-7-5-18(6-8-19)24(32)25-22-9-14-34-27-22)21-4-2-1-3-20(21)29(23)11-10-28-12-15-33-16-13-28/h1-9,14,26H,10-13,15-17H2,(H,25,27,32). The minimum absolute atomic E-state index is 0.0306. The Morgan fingerprint density at radius 1 is 0.971 bits per heavy atom. The van der Waals surface area contributed by atoms with E-state index in [0.29, 0.717) is 17.9 Å². The summed E-state index contributed by atoms with van der Waals surface area (Å²) in [5.41, 5.74) is 6.36. The van der Waals surface area contributed by atoms with E-state index in [2.05, 4.69) is 20.8 Å². The van der Waals surface area contributed by atoms with E-state index in [1.807, 2.05) is 34.2 Å². The Hall–Kier alpha value is -3.89. The van der Waals surface area contributed by atoms with Crippen molar-refractivity contribution in [3.63, 3.8) is 0 Å². The molecule has 2 aliphatic heterocycles. The highest BCUT2D eigenvalue weighted by Gasteiger charge is 2.29. The zero-order valence-corrected chi connectivity index (χ0v) is 18.6. The highest BCUT2D eigenvalue weighted by atomic mass is 16.5. The summed E-state index contributed by atoms with van der Waals surface area (Å²) in [6.45, 7) is 4.92. The molecule has 10 heteroatoms. The van der Waals surface area contributed by atoms with Gasteiger partial charge in [0.2, 0.25) is 5.91 Å². The molecule has 0 atom stereocenters. The van der Waals surface area contributed by atoms with E-state index >= 15 is 0 Å². The quantitative estimate of drug-likeness (QED) is 0.552. The maximum atomic E-state index is 13.1. The van der Waals surface area contributed by atoms with Gasteiger partial charge < -0.3 is 19.5 Å². The molecule has 3 heterocycles. The number of fused-ring (bicyclic) bond motifs is 1. The number of ether oxygens (including phenoxy) is 1. The van der Waals surface area contributed by atoms with Crippen LogP contribution in [0.25, 0.3) is 0 Å². The molecule has 2 aliphatic rings. The van der Waals surface area contributed by atoms with Gasteiger partial charge in [-0.05, 0) is 36.4 Å². The molecule has 2 aromatic carbocycles. The van der Waals surface area contributed by atoms with E-state index in [-0.39, 0.29) is 18.4 Å². The number of carbonyl (C=O) groups excluding carboxylic acids is 2. The number of anilines is 4. The summed E-state index contributed by atoms with van der Waals surface area (Å²) < 4.78 is 10.1. The number of nitrogens with one attached hydrogen (secondary N) is 2. The molecule has 34 heavy (non-hydrogen) atoms. The lowest BCUT2D eigenvalue weighted by Gasteiger charge is -2.38. The van der Waals surface area contributed by atoms with Crippen molar-refractivity contribution in [1.29, 1.82) is 0 Å². The van der Waals surface area contributed by atoms with Crippen LogP contribution >= 0.6 is 0 Å². The van der Waals surface area contributed by atoms with Crippen molar-refractivity contribution < 1.29 is 18.8 Å².